The average molecular weight is 233 g/mol. The lowest BCUT2D eigenvalue weighted by Gasteiger charge is -2.30. The van der Waals surface area contributed by atoms with Crippen LogP contribution >= 0.6 is 0 Å². The Hall–Kier alpha value is -1.39. The SMILES string of the molecule is NCC(CN1CCNC(=O)C1)c1ccccc1. The van der Waals surface area contributed by atoms with Gasteiger partial charge in [0.1, 0.15) is 0 Å². The number of nitrogens with one attached hydrogen (secondary N) is 1. The molecule has 1 unspecified atom stereocenters. The molecule has 0 aromatic heterocycles. The van der Waals surface area contributed by atoms with Crippen LogP contribution in [0.2, 0.25) is 0 Å². The minimum absolute atomic E-state index is 0.111. The molecule has 4 nitrogen and oxygen atoms in total. The maximum Gasteiger partial charge on any atom is 0.234 e. The number of nitrogens with zero attached hydrogens (tertiary/aromatic N) is 1. The maximum atomic E-state index is 11.3. The van der Waals surface area contributed by atoms with Crippen LogP contribution < -0.4 is 11.1 Å². The van der Waals surface area contributed by atoms with E-state index in [1.807, 2.05) is 18.2 Å². The van der Waals surface area contributed by atoms with Crippen molar-refractivity contribution in [3.8, 4) is 0 Å². The van der Waals surface area contributed by atoms with Crippen molar-refractivity contribution >= 4 is 5.91 Å². The molecule has 17 heavy (non-hydrogen) atoms. The fourth-order valence-corrected chi connectivity index (χ4v) is 2.20. The Morgan fingerprint density at radius 2 is 2.12 bits per heavy atom. The molecule has 0 aliphatic carbocycles. The van der Waals surface area contributed by atoms with Crippen LogP contribution in [0.1, 0.15) is 11.5 Å². The highest BCUT2D eigenvalue weighted by molar-refractivity contribution is 5.78. The molecule has 1 heterocycles. The van der Waals surface area contributed by atoms with E-state index in [4.69, 9.17) is 5.73 Å². The van der Waals surface area contributed by atoms with Gasteiger partial charge in [0.25, 0.3) is 0 Å². The summed E-state index contributed by atoms with van der Waals surface area (Å²) in [7, 11) is 0. The van der Waals surface area contributed by atoms with E-state index in [-0.39, 0.29) is 5.91 Å². The summed E-state index contributed by atoms with van der Waals surface area (Å²) in [6.07, 6.45) is 0. The molecular weight excluding hydrogens is 214 g/mol. The maximum absolute atomic E-state index is 11.3. The van der Waals surface area contributed by atoms with Crippen LogP contribution in [0.5, 0.6) is 0 Å². The van der Waals surface area contributed by atoms with Gasteiger partial charge < -0.3 is 11.1 Å². The fraction of sp³-hybridized carbons (Fsp3) is 0.462. The van der Waals surface area contributed by atoms with Crippen LogP contribution in [-0.4, -0.2) is 43.5 Å². The second-order valence-electron chi connectivity index (χ2n) is 4.43. The summed E-state index contributed by atoms with van der Waals surface area (Å²) in [6, 6.07) is 10.3. The van der Waals surface area contributed by atoms with Crippen molar-refractivity contribution in [3.63, 3.8) is 0 Å². The van der Waals surface area contributed by atoms with E-state index < -0.39 is 0 Å². The van der Waals surface area contributed by atoms with Gasteiger partial charge in [0.2, 0.25) is 5.91 Å². The standard InChI is InChI=1S/C13H19N3O/c14-8-12(11-4-2-1-3-5-11)9-16-7-6-15-13(17)10-16/h1-5,12H,6-10,14H2,(H,15,17). The lowest BCUT2D eigenvalue weighted by molar-refractivity contribution is -0.124. The van der Waals surface area contributed by atoms with Crippen LogP contribution in [0.25, 0.3) is 0 Å². The fourth-order valence-electron chi connectivity index (χ4n) is 2.20. The molecule has 1 aromatic rings. The van der Waals surface area contributed by atoms with Gasteiger partial charge >= 0.3 is 0 Å². The molecule has 0 bridgehead atoms. The smallest absolute Gasteiger partial charge is 0.234 e. The first kappa shape index (κ1) is 12.1. The number of carbonyl (C=O) groups is 1. The van der Waals surface area contributed by atoms with Gasteiger partial charge in [-0.3, -0.25) is 9.69 Å². The first-order valence-electron chi connectivity index (χ1n) is 6.03. The number of carbonyl (C=O) groups excluding carboxylic acids is 1. The van der Waals surface area contributed by atoms with Crippen molar-refractivity contribution < 1.29 is 4.79 Å². The van der Waals surface area contributed by atoms with Crippen molar-refractivity contribution in [2.75, 3.05) is 32.7 Å². The Labute approximate surface area is 102 Å². The molecule has 1 amide bonds. The number of hydrogen-bond acceptors (Lipinski definition) is 3. The van der Waals surface area contributed by atoms with Gasteiger partial charge in [-0.25, -0.2) is 0 Å². The van der Waals surface area contributed by atoms with Crippen LogP contribution in [0, 0.1) is 0 Å². The second-order valence-corrected chi connectivity index (χ2v) is 4.43. The molecule has 1 atom stereocenters. The van der Waals surface area contributed by atoms with E-state index in [2.05, 4.69) is 22.3 Å². The second kappa shape index (κ2) is 5.80. The molecule has 0 saturated carbocycles. The van der Waals surface area contributed by atoms with Crippen molar-refractivity contribution in [3.05, 3.63) is 35.9 Å². The van der Waals surface area contributed by atoms with Gasteiger partial charge in [-0.1, -0.05) is 30.3 Å². The third-order valence-corrected chi connectivity index (χ3v) is 3.15. The summed E-state index contributed by atoms with van der Waals surface area (Å²) in [6.45, 7) is 3.61. The highest BCUT2D eigenvalue weighted by atomic mass is 16.2. The third kappa shape index (κ3) is 3.28. The minimum Gasteiger partial charge on any atom is -0.354 e. The van der Waals surface area contributed by atoms with E-state index >= 15 is 0 Å². The van der Waals surface area contributed by atoms with Gasteiger partial charge in [0, 0.05) is 32.1 Å². The first-order chi connectivity index (χ1) is 8.29. The molecule has 1 aliphatic rings. The van der Waals surface area contributed by atoms with Gasteiger partial charge in [-0.15, -0.1) is 0 Å². The van der Waals surface area contributed by atoms with Crippen LogP contribution in [0.15, 0.2) is 30.3 Å². The number of rotatable bonds is 4. The largest absolute Gasteiger partial charge is 0.354 e. The molecule has 4 heteroatoms. The Balaban J connectivity index is 1.98. The van der Waals surface area contributed by atoms with Gasteiger partial charge in [0.05, 0.1) is 6.54 Å². The van der Waals surface area contributed by atoms with Gasteiger partial charge in [0.15, 0.2) is 0 Å². The summed E-state index contributed by atoms with van der Waals surface area (Å²) in [4.78, 5) is 13.5. The summed E-state index contributed by atoms with van der Waals surface area (Å²) >= 11 is 0. The number of piperazine rings is 1. The molecule has 1 aliphatic heterocycles. The zero-order valence-corrected chi connectivity index (χ0v) is 9.93. The van der Waals surface area contributed by atoms with E-state index in [0.29, 0.717) is 19.0 Å². The van der Waals surface area contributed by atoms with E-state index in [9.17, 15) is 4.79 Å². The summed E-state index contributed by atoms with van der Waals surface area (Å²) in [5.41, 5.74) is 7.08. The van der Waals surface area contributed by atoms with Crippen LogP contribution in [-0.2, 0) is 4.79 Å². The predicted molar refractivity (Wildman–Crippen MR) is 67.7 cm³/mol. The number of nitrogens with two attached hydrogens (primary N) is 1. The molecule has 1 saturated heterocycles. The Bertz CT molecular complexity index is 366. The number of hydrogen-bond donors (Lipinski definition) is 2. The molecule has 92 valence electrons. The van der Waals surface area contributed by atoms with Gasteiger partial charge in [-0.05, 0) is 5.56 Å². The molecule has 3 N–H and O–H groups in total. The summed E-state index contributed by atoms with van der Waals surface area (Å²) in [5, 5.41) is 2.83. The topological polar surface area (TPSA) is 58.4 Å². The lowest BCUT2D eigenvalue weighted by atomic mass is 9.98. The third-order valence-electron chi connectivity index (χ3n) is 3.15. The molecular formula is C13H19N3O. The van der Waals surface area contributed by atoms with Crippen LogP contribution in [0.4, 0.5) is 0 Å². The van der Waals surface area contributed by atoms with Gasteiger partial charge in [-0.2, -0.15) is 0 Å². The van der Waals surface area contributed by atoms with Crippen molar-refractivity contribution in [2.24, 2.45) is 5.73 Å². The van der Waals surface area contributed by atoms with Crippen molar-refractivity contribution in [1.82, 2.24) is 10.2 Å². The highest BCUT2D eigenvalue weighted by Crippen LogP contribution is 2.15. The zero-order valence-electron chi connectivity index (χ0n) is 9.93. The van der Waals surface area contributed by atoms with Crippen molar-refractivity contribution in [2.45, 2.75) is 5.92 Å². The molecule has 0 spiro atoms. The quantitative estimate of drug-likeness (QED) is 0.779. The Kier molecular flexibility index (Phi) is 4.12. The molecule has 0 radical (unpaired) electrons. The Morgan fingerprint density at radius 1 is 1.35 bits per heavy atom. The molecule has 2 rings (SSSR count). The molecule has 1 aromatic carbocycles. The highest BCUT2D eigenvalue weighted by Gasteiger charge is 2.20. The number of benzene rings is 1. The average Bonchev–Trinajstić information content (AvgIpc) is 2.37. The molecule has 1 fully saturated rings. The normalized spacial score (nSPS) is 18.8. The zero-order chi connectivity index (χ0) is 12.1. The monoisotopic (exact) mass is 233 g/mol. The van der Waals surface area contributed by atoms with Crippen LogP contribution in [0.3, 0.4) is 0 Å². The Morgan fingerprint density at radius 3 is 2.76 bits per heavy atom. The van der Waals surface area contributed by atoms with E-state index in [1.54, 1.807) is 0 Å². The van der Waals surface area contributed by atoms with Crippen molar-refractivity contribution in [1.29, 1.82) is 0 Å². The number of amides is 1. The predicted octanol–water partition coefficient (Wildman–Crippen LogP) is 0.161. The minimum atomic E-state index is 0.111. The lowest BCUT2D eigenvalue weighted by Crippen LogP contribution is -2.49. The summed E-state index contributed by atoms with van der Waals surface area (Å²) < 4.78 is 0. The summed E-state index contributed by atoms with van der Waals surface area (Å²) in [5.74, 6) is 0.419. The van der Waals surface area contributed by atoms with E-state index in [1.165, 1.54) is 5.56 Å². The van der Waals surface area contributed by atoms with E-state index in [0.717, 1.165) is 19.6 Å². The first-order valence-corrected chi connectivity index (χ1v) is 6.03.